The molecule has 2 atom stereocenters. The monoisotopic (exact) mass is 328 g/mol. The van der Waals surface area contributed by atoms with E-state index < -0.39 is 0 Å². The van der Waals surface area contributed by atoms with Crippen molar-refractivity contribution < 1.29 is 9.53 Å². The molecule has 6 nitrogen and oxygen atoms in total. The molecule has 0 bridgehead atoms. The van der Waals surface area contributed by atoms with Gasteiger partial charge in [-0.3, -0.25) is 9.48 Å². The molecule has 6 heteroatoms. The van der Waals surface area contributed by atoms with Gasteiger partial charge in [0.2, 0.25) is 0 Å². The number of hydrogen-bond acceptors (Lipinski definition) is 3. The van der Waals surface area contributed by atoms with E-state index in [1.807, 2.05) is 52.8 Å². The van der Waals surface area contributed by atoms with Gasteiger partial charge >= 0.3 is 0 Å². The summed E-state index contributed by atoms with van der Waals surface area (Å²) in [6, 6.07) is 3.80. The smallest absolute Gasteiger partial charge is 0.270 e. The first-order chi connectivity index (χ1) is 11.6. The largest absolute Gasteiger partial charge is 0.372 e. The summed E-state index contributed by atoms with van der Waals surface area (Å²) in [4.78, 5) is 14.8. The molecule has 1 amide bonds. The highest BCUT2D eigenvalue weighted by molar-refractivity contribution is 5.92. The quantitative estimate of drug-likeness (QED) is 0.846. The lowest BCUT2D eigenvalue weighted by Crippen LogP contribution is -2.50. The molecule has 0 aromatic carbocycles. The standard InChI is InChI=1S/C18H24N4O2/c1-20-7-3-5-16(20)17(23)22-8-4-6-18(13-22)9-14(12-24-18)15-10-19-21(2)11-15/h3,5,7,10-11,14H,4,6,8-9,12-13H2,1-2H3. The van der Waals surface area contributed by atoms with Crippen LogP contribution in [-0.4, -0.2) is 50.5 Å². The first-order valence-corrected chi connectivity index (χ1v) is 8.59. The molecule has 128 valence electrons. The summed E-state index contributed by atoms with van der Waals surface area (Å²) in [5.41, 5.74) is 1.79. The number of likely N-dealkylation sites (tertiary alicyclic amines) is 1. The van der Waals surface area contributed by atoms with E-state index in [9.17, 15) is 4.79 Å². The van der Waals surface area contributed by atoms with Crippen LogP contribution in [0.3, 0.4) is 0 Å². The average molecular weight is 328 g/mol. The molecule has 24 heavy (non-hydrogen) atoms. The summed E-state index contributed by atoms with van der Waals surface area (Å²) >= 11 is 0. The predicted molar refractivity (Wildman–Crippen MR) is 89.8 cm³/mol. The van der Waals surface area contributed by atoms with Gasteiger partial charge in [0.25, 0.3) is 5.91 Å². The molecule has 2 aromatic rings. The second kappa shape index (κ2) is 5.77. The SMILES string of the molecule is Cn1cc(C2COC3(CCCN(C(=O)c4cccn4C)C3)C2)cn1. The second-order valence-corrected chi connectivity index (χ2v) is 7.18. The maximum absolute atomic E-state index is 12.8. The van der Waals surface area contributed by atoms with E-state index in [1.165, 1.54) is 5.56 Å². The molecule has 0 saturated carbocycles. The predicted octanol–water partition coefficient (Wildman–Crippen LogP) is 1.94. The van der Waals surface area contributed by atoms with E-state index in [0.29, 0.717) is 12.5 Å². The van der Waals surface area contributed by atoms with Crippen LogP contribution in [0.2, 0.25) is 0 Å². The Morgan fingerprint density at radius 2 is 2.29 bits per heavy atom. The molecule has 1 spiro atoms. The van der Waals surface area contributed by atoms with E-state index in [0.717, 1.165) is 38.1 Å². The van der Waals surface area contributed by atoms with Gasteiger partial charge in [0.1, 0.15) is 5.69 Å². The topological polar surface area (TPSA) is 52.3 Å². The number of aromatic nitrogens is 3. The Labute approximate surface area is 142 Å². The Morgan fingerprint density at radius 1 is 1.42 bits per heavy atom. The van der Waals surface area contributed by atoms with Crippen LogP contribution in [0, 0.1) is 0 Å². The minimum atomic E-state index is -0.195. The molecule has 2 aliphatic heterocycles. The molecule has 4 heterocycles. The Balaban J connectivity index is 1.49. The van der Waals surface area contributed by atoms with Crippen molar-refractivity contribution in [2.75, 3.05) is 19.7 Å². The fraction of sp³-hybridized carbons (Fsp3) is 0.556. The zero-order valence-corrected chi connectivity index (χ0v) is 14.3. The molecule has 2 aromatic heterocycles. The molecule has 0 N–H and O–H groups in total. The van der Waals surface area contributed by atoms with Gasteiger partial charge in [0.15, 0.2) is 0 Å². The summed E-state index contributed by atoms with van der Waals surface area (Å²) < 4.78 is 9.97. The Kier molecular flexibility index (Phi) is 3.72. The molecule has 2 aliphatic rings. The minimum Gasteiger partial charge on any atom is -0.372 e. The zero-order chi connectivity index (χ0) is 16.7. The number of nitrogens with zero attached hydrogens (tertiary/aromatic N) is 4. The van der Waals surface area contributed by atoms with Crippen molar-refractivity contribution in [1.29, 1.82) is 0 Å². The van der Waals surface area contributed by atoms with Crippen LogP contribution in [-0.2, 0) is 18.8 Å². The number of aryl methyl sites for hydroxylation is 2. The summed E-state index contributed by atoms with van der Waals surface area (Å²) in [5, 5.41) is 4.28. The molecule has 2 saturated heterocycles. The third-order valence-corrected chi connectivity index (χ3v) is 5.39. The fourth-order valence-corrected chi connectivity index (χ4v) is 4.11. The molecule has 0 radical (unpaired) electrons. The van der Waals surface area contributed by atoms with Crippen LogP contribution in [0.4, 0.5) is 0 Å². The fourth-order valence-electron chi connectivity index (χ4n) is 4.11. The van der Waals surface area contributed by atoms with Crippen molar-refractivity contribution in [3.8, 4) is 0 Å². The van der Waals surface area contributed by atoms with E-state index in [-0.39, 0.29) is 11.5 Å². The van der Waals surface area contributed by atoms with Gasteiger partial charge in [0.05, 0.1) is 24.9 Å². The molecule has 4 rings (SSSR count). The maximum Gasteiger partial charge on any atom is 0.270 e. The first-order valence-electron chi connectivity index (χ1n) is 8.59. The van der Waals surface area contributed by atoms with Crippen LogP contribution in [0.5, 0.6) is 0 Å². The van der Waals surface area contributed by atoms with E-state index in [2.05, 4.69) is 11.3 Å². The van der Waals surface area contributed by atoms with Gasteiger partial charge in [-0.1, -0.05) is 0 Å². The number of amides is 1. The molecule has 2 unspecified atom stereocenters. The minimum absolute atomic E-state index is 0.106. The highest BCUT2D eigenvalue weighted by Crippen LogP contribution is 2.41. The highest BCUT2D eigenvalue weighted by Gasteiger charge is 2.45. The molecular formula is C18H24N4O2. The second-order valence-electron chi connectivity index (χ2n) is 7.18. The number of ether oxygens (including phenoxy) is 1. The summed E-state index contributed by atoms with van der Waals surface area (Å²) in [5.74, 6) is 0.485. The summed E-state index contributed by atoms with van der Waals surface area (Å²) in [6.45, 7) is 2.22. The number of piperidine rings is 1. The summed E-state index contributed by atoms with van der Waals surface area (Å²) in [6.07, 6.45) is 8.91. The lowest BCUT2D eigenvalue weighted by molar-refractivity contribution is -0.0449. The van der Waals surface area contributed by atoms with E-state index in [4.69, 9.17) is 4.74 Å². The number of carbonyl (C=O) groups is 1. The van der Waals surface area contributed by atoms with Crippen LogP contribution in [0.1, 0.15) is 41.2 Å². The van der Waals surface area contributed by atoms with Gasteiger partial charge < -0.3 is 14.2 Å². The Hall–Kier alpha value is -2.08. The van der Waals surface area contributed by atoms with Crippen molar-refractivity contribution in [1.82, 2.24) is 19.2 Å². The number of carbonyl (C=O) groups excluding carboxylic acids is 1. The van der Waals surface area contributed by atoms with E-state index in [1.54, 1.807) is 0 Å². The summed E-state index contributed by atoms with van der Waals surface area (Å²) in [7, 11) is 3.85. The zero-order valence-electron chi connectivity index (χ0n) is 14.3. The van der Waals surface area contributed by atoms with Gasteiger partial charge in [0, 0.05) is 39.0 Å². The normalized spacial score (nSPS) is 27.1. The van der Waals surface area contributed by atoms with Crippen LogP contribution >= 0.6 is 0 Å². The number of rotatable bonds is 2. The number of hydrogen-bond donors (Lipinski definition) is 0. The molecule has 2 fully saturated rings. The highest BCUT2D eigenvalue weighted by atomic mass is 16.5. The van der Waals surface area contributed by atoms with Crippen LogP contribution < -0.4 is 0 Å². The Bertz CT molecular complexity index is 750. The van der Waals surface area contributed by atoms with Gasteiger partial charge in [-0.25, -0.2) is 0 Å². The molecule has 0 aliphatic carbocycles. The maximum atomic E-state index is 12.8. The van der Waals surface area contributed by atoms with Crippen LogP contribution in [0.25, 0.3) is 0 Å². The van der Waals surface area contributed by atoms with E-state index >= 15 is 0 Å². The van der Waals surface area contributed by atoms with Crippen LogP contribution in [0.15, 0.2) is 30.7 Å². The van der Waals surface area contributed by atoms with Gasteiger partial charge in [-0.2, -0.15) is 5.10 Å². The van der Waals surface area contributed by atoms with Gasteiger partial charge in [-0.15, -0.1) is 0 Å². The van der Waals surface area contributed by atoms with Crippen molar-refractivity contribution in [3.05, 3.63) is 42.0 Å². The third kappa shape index (κ3) is 2.65. The molecular weight excluding hydrogens is 304 g/mol. The first kappa shape index (κ1) is 15.4. The van der Waals surface area contributed by atoms with Gasteiger partial charge in [-0.05, 0) is 37.0 Å². The third-order valence-electron chi connectivity index (χ3n) is 5.39. The van der Waals surface area contributed by atoms with Crippen molar-refractivity contribution >= 4 is 5.91 Å². The van der Waals surface area contributed by atoms with Crippen molar-refractivity contribution in [2.24, 2.45) is 14.1 Å². The average Bonchev–Trinajstić information content (AvgIpc) is 3.28. The van der Waals surface area contributed by atoms with Crippen molar-refractivity contribution in [2.45, 2.75) is 30.8 Å². The lowest BCUT2D eigenvalue weighted by atomic mass is 9.85. The Morgan fingerprint density at radius 3 is 3.00 bits per heavy atom. The van der Waals surface area contributed by atoms with Crippen molar-refractivity contribution in [3.63, 3.8) is 0 Å². The lowest BCUT2D eigenvalue weighted by Gasteiger charge is -2.39.